The Morgan fingerprint density at radius 2 is 1.88 bits per heavy atom. The third kappa shape index (κ3) is 6.75. The van der Waals surface area contributed by atoms with Gasteiger partial charge in [-0.3, -0.25) is 15.0 Å². The number of carbonyl (C=O) groups is 3. The van der Waals surface area contributed by atoms with Crippen molar-refractivity contribution in [2.24, 2.45) is 11.1 Å². The minimum Gasteiger partial charge on any atom is -0.480 e. The van der Waals surface area contributed by atoms with Gasteiger partial charge in [0.15, 0.2) is 11.6 Å². The normalized spacial score (nSPS) is 11.8. The summed E-state index contributed by atoms with van der Waals surface area (Å²) in [6.45, 7) is 5.10. The van der Waals surface area contributed by atoms with Gasteiger partial charge in [0.25, 0.3) is 0 Å². The first kappa shape index (κ1) is 28.1. The number of rotatable bonds is 10. The molecule has 1 heterocycles. The highest BCUT2D eigenvalue weighted by atomic mass is 35.5. The van der Waals surface area contributed by atoms with Gasteiger partial charge in [0.1, 0.15) is 16.8 Å². The molecule has 0 unspecified atom stereocenters. The summed E-state index contributed by atoms with van der Waals surface area (Å²) >= 11 is 1.13. The van der Waals surface area contributed by atoms with Crippen LogP contribution >= 0.6 is 23.7 Å². The number of benzene rings is 1. The molecule has 2 rings (SSSR count). The van der Waals surface area contributed by atoms with Gasteiger partial charge in [-0.15, -0.1) is 23.7 Å². The van der Waals surface area contributed by atoms with E-state index in [0.29, 0.717) is 19.3 Å². The SMILES string of the molecule is CCC(CC)(Cc1ccc(C(=O)Oc2ccc(C(=N)N)cc2F)s1)C(=O)N[C@@H](C)C(=O)O.Cl. The summed E-state index contributed by atoms with van der Waals surface area (Å²) in [5.74, 6) is -3.64. The molecule has 0 radical (unpaired) electrons. The Labute approximate surface area is 201 Å². The smallest absolute Gasteiger partial charge is 0.353 e. The van der Waals surface area contributed by atoms with E-state index in [-0.39, 0.29) is 40.3 Å². The molecule has 0 bridgehead atoms. The van der Waals surface area contributed by atoms with Gasteiger partial charge in [0, 0.05) is 10.4 Å². The lowest BCUT2D eigenvalue weighted by Crippen LogP contribution is -2.47. The van der Waals surface area contributed by atoms with Crippen molar-refractivity contribution in [1.29, 1.82) is 5.41 Å². The summed E-state index contributed by atoms with van der Waals surface area (Å²) in [5, 5.41) is 18.9. The maximum Gasteiger partial charge on any atom is 0.353 e. The minimum atomic E-state index is -1.12. The number of halogens is 2. The second kappa shape index (κ2) is 11.8. The number of amidine groups is 1. The maximum absolute atomic E-state index is 14.1. The van der Waals surface area contributed by atoms with Crippen molar-refractivity contribution in [1.82, 2.24) is 5.32 Å². The molecule has 1 atom stereocenters. The van der Waals surface area contributed by atoms with E-state index in [0.717, 1.165) is 22.3 Å². The van der Waals surface area contributed by atoms with Crippen LogP contribution in [0.25, 0.3) is 0 Å². The van der Waals surface area contributed by atoms with Crippen molar-refractivity contribution in [3.8, 4) is 5.75 Å². The van der Waals surface area contributed by atoms with Gasteiger partial charge in [0.05, 0.1) is 5.41 Å². The molecule has 0 aliphatic heterocycles. The van der Waals surface area contributed by atoms with Gasteiger partial charge in [-0.2, -0.15) is 0 Å². The molecule has 0 saturated carbocycles. The zero-order valence-electron chi connectivity index (χ0n) is 18.4. The molecular weight excluding hydrogens is 473 g/mol. The van der Waals surface area contributed by atoms with Crippen LogP contribution in [0, 0.1) is 16.6 Å². The number of nitrogens with two attached hydrogens (primary N) is 1. The fourth-order valence-electron chi connectivity index (χ4n) is 3.13. The van der Waals surface area contributed by atoms with Crippen LogP contribution in [-0.2, 0) is 16.0 Å². The average Bonchev–Trinajstić information content (AvgIpc) is 3.21. The fraction of sp³-hybridized carbons (Fsp3) is 0.364. The van der Waals surface area contributed by atoms with Crippen molar-refractivity contribution in [3.63, 3.8) is 0 Å². The fourth-order valence-corrected chi connectivity index (χ4v) is 4.16. The maximum atomic E-state index is 14.1. The Morgan fingerprint density at radius 1 is 1.24 bits per heavy atom. The molecule has 0 spiro atoms. The van der Waals surface area contributed by atoms with Crippen LogP contribution in [0.2, 0.25) is 0 Å². The predicted molar refractivity (Wildman–Crippen MR) is 126 cm³/mol. The Kier molecular flexibility index (Phi) is 10.00. The number of ether oxygens (including phenoxy) is 1. The number of hydrogen-bond donors (Lipinski definition) is 4. The molecule has 8 nitrogen and oxygen atoms in total. The molecule has 0 aliphatic rings. The van der Waals surface area contributed by atoms with Gasteiger partial charge in [-0.05, 0) is 56.5 Å². The largest absolute Gasteiger partial charge is 0.480 e. The summed E-state index contributed by atoms with van der Waals surface area (Å²) in [5.41, 5.74) is 4.66. The minimum absolute atomic E-state index is 0. The van der Waals surface area contributed by atoms with Crippen molar-refractivity contribution < 1.29 is 28.6 Å². The summed E-state index contributed by atoms with van der Waals surface area (Å²) in [7, 11) is 0. The average molecular weight is 500 g/mol. The Balaban J connectivity index is 0.00000544. The van der Waals surface area contributed by atoms with Gasteiger partial charge < -0.3 is 20.9 Å². The third-order valence-electron chi connectivity index (χ3n) is 5.37. The van der Waals surface area contributed by atoms with E-state index in [9.17, 15) is 18.8 Å². The first-order valence-corrected chi connectivity index (χ1v) is 10.8. The number of carbonyl (C=O) groups excluding carboxylic acids is 2. The highest BCUT2D eigenvalue weighted by Crippen LogP contribution is 2.34. The van der Waals surface area contributed by atoms with Crippen molar-refractivity contribution in [2.75, 3.05) is 0 Å². The summed E-state index contributed by atoms with van der Waals surface area (Å²) < 4.78 is 19.3. The molecule has 11 heteroatoms. The van der Waals surface area contributed by atoms with Gasteiger partial charge >= 0.3 is 11.9 Å². The summed E-state index contributed by atoms with van der Waals surface area (Å²) in [6, 6.07) is 5.84. The number of carboxylic acids is 1. The Bertz CT molecular complexity index is 1040. The number of carboxylic acid groups (broad SMARTS) is 1. The molecule has 180 valence electrons. The topological polar surface area (TPSA) is 143 Å². The third-order valence-corrected chi connectivity index (χ3v) is 6.44. The van der Waals surface area contributed by atoms with Gasteiger partial charge in [-0.25, -0.2) is 9.18 Å². The van der Waals surface area contributed by atoms with E-state index in [1.54, 1.807) is 6.07 Å². The number of esters is 1. The molecule has 5 N–H and O–H groups in total. The zero-order chi connectivity index (χ0) is 24.1. The van der Waals surface area contributed by atoms with Crippen molar-refractivity contribution in [3.05, 3.63) is 51.5 Å². The number of thiophene rings is 1. The summed E-state index contributed by atoms with van der Waals surface area (Å²) in [4.78, 5) is 37.3. The molecule has 2 aromatic rings. The van der Waals surface area contributed by atoms with E-state index in [1.165, 1.54) is 25.1 Å². The highest BCUT2D eigenvalue weighted by molar-refractivity contribution is 7.14. The number of nitrogens with one attached hydrogen (secondary N) is 2. The molecule has 1 aromatic heterocycles. The molecule has 0 aliphatic carbocycles. The predicted octanol–water partition coefficient (Wildman–Crippen LogP) is 3.75. The first-order valence-electron chi connectivity index (χ1n) is 10.0. The number of hydrogen-bond acceptors (Lipinski definition) is 6. The van der Waals surface area contributed by atoms with E-state index < -0.39 is 29.2 Å². The van der Waals surface area contributed by atoms with Crippen LogP contribution in [0.1, 0.15) is 53.7 Å². The molecule has 0 saturated heterocycles. The lowest BCUT2D eigenvalue weighted by atomic mass is 9.77. The Hall–Kier alpha value is -2.98. The van der Waals surface area contributed by atoms with Crippen molar-refractivity contribution >= 4 is 47.4 Å². The van der Waals surface area contributed by atoms with Crippen LogP contribution < -0.4 is 15.8 Å². The molecule has 33 heavy (non-hydrogen) atoms. The number of nitrogen functional groups attached to an aromatic ring is 1. The number of aliphatic carboxylic acids is 1. The van der Waals surface area contributed by atoms with Crippen LogP contribution in [-0.4, -0.2) is 34.8 Å². The Morgan fingerprint density at radius 3 is 2.39 bits per heavy atom. The van der Waals surface area contributed by atoms with Crippen LogP contribution in [0.15, 0.2) is 30.3 Å². The van der Waals surface area contributed by atoms with Crippen LogP contribution in [0.5, 0.6) is 5.75 Å². The van der Waals surface area contributed by atoms with Crippen LogP contribution in [0.4, 0.5) is 4.39 Å². The molecule has 1 aromatic carbocycles. The van der Waals surface area contributed by atoms with Crippen LogP contribution in [0.3, 0.4) is 0 Å². The molecule has 1 amide bonds. The first-order chi connectivity index (χ1) is 15.0. The van der Waals surface area contributed by atoms with E-state index in [4.69, 9.17) is 21.0 Å². The van der Waals surface area contributed by atoms with E-state index in [1.807, 2.05) is 13.8 Å². The number of amides is 1. The monoisotopic (exact) mass is 499 g/mol. The van der Waals surface area contributed by atoms with E-state index in [2.05, 4.69) is 5.32 Å². The molecule has 0 fully saturated rings. The lowest BCUT2D eigenvalue weighted by Gasteiger charge is -2.30. The summed E-state index contributed by atoms with van der Waals surface area (Å²) in [6.07, 6.45) is 1.28. The van der Waals surface area contributed by atoms with Gasteiger partial charge in [-0.1, -0.05) is 13.8 Å². The van der Waals surface area contributed by atoms with Crippen molar-refractivity contribution in [2.45, 2.75) is 46.1 Å². The second-order valence-corrected chi connectivity index (χ2v) is 8.58. The second-order valence-electron chi connectivity index (χ2n) is 7.41. The zero-order valence-corrected chi connectivity index (χ0v) is 20.1. The van der Waals surface area contributed by atoms with Gasteiger partial charge in [0.2, 0.25) is 5.91 Å². The molecular formula is C22H27ClFN3O5S. The van der Waals surface area contributed by atoms with E-state index >= 15 is 0 Å². The standard InChI is InChI=1S/C22H26FN3O5S.ClH/c1-4-22(5-2,21(30)26-12(3)19(27)28)11-14-7-9-17(32-14)20(29)31-16-8-6-13(18(24)25)10-15(16)23;/h6-10,12H,4-5,11H2,1-3H3,(H3,24,25)(H,26,30)(H,27,28);1H/t12-;/m0./s1. The quantitative estimate of drug-likeness (QED) is 0.170. The highest BCUT2D eigenvalue weighted by Gasteiger charge is 2.37. The lowest BCUT2D eigenvalue weighted by molar-refractivity contribution is -0.143.